The van der Waals surface area contributed by atoms with Crippen LogP contribution in [0.1, 0.15) is 12.5 Å². The Kier molecular flexibility index (Phi) is 4.73. The van der Waals surface area contributed by atoms with E-state index < -0.39 is 0 Å². The standard InChI is InChI=1S/C12H17BrN6/c1-3-14-11-10(13)12(17-8-16-11)15-4-5-19-7-9(2)6-18-19/h6-8H,3-5H2,1-2H3,(H2,14,15,16,17). The van der Waals surface area contributed by atoms with Crippen molar-refractivity contribution in [2.45, 2.75) is 20.4 Å². The highest BCUT2D eigenvalue weighted by Crippen LogP contribution is 2.25. The molecule has 0 aliphatic heterocycles. The second kappa shape index (κ2) is 6.51. The van der Waals surface area contributed by atoms with Crippen LogP contribution in [0.15, 0.2) is 23.2 Å². The van der Waals surface area contributed by atoms with Gasteiger partial charge < -0.3 is 10.6 Å². The first-order valence-corrected chi connectivity index (χ1v) is 6.97. The van der Waals surface area contributed by atoms with Crippen molar-refractivity contribution in [1.29, 1.82) is 0 Å². The van der Waals surface area contributed by atoms with Crippen LogP contribution in [0.25, 0.3) is 0 Å². The third kappa shape index (κ3) is 3.66. The van der Waals surface area contributed by atoms with Crippen molar-refractivity contribution >= 4 is 27.6 Å². The SMILES string of the molecule is CCNc1ncnc(NCCn2cc(C)cn2)c1Br. The minimum atomic E-state index is 0.752. The molecule has 2 heterocycles. The molecule has 7 heteroatoms. The van der Waals surface area contributed by atoms with E-state index in [1.54, 1.807) is 6.33 Å². The average Bonchev–Trinajstić information content (AvgIpc) is 2.80. The van der Waals surface area contributed by atoms with Crippen molar-refractivity contribution < 1.29 is 0 Å². The minimum Gasteiger partial charge on any atom is -0.369 e. The lowest BCUT2D eigenvalue weighted by Crippen LogP contribution is -2.13. The Morgan fingerprint density at radius 2 is 2.00 bits per heavy atom. The largest absolute Gasteiger partial charge is 0.369 e. The van der Waals surface area contributed by atoms with Crippen molar-refractivity contribution in [3.63, 3.8) is 0 Å². The fraction of sp³-hybridized carbons (Fsp3) is 0.417. The molecule has 102 valence electrons. The molecular formula is C12H17BrN6. The second-order valence-electron chi connectivity index (χ2n) is 4.12. The molecule has 6 nitrogen and oxygen atoms in total. The Bertz CT molecular complexity index is 539. The van der Waals surface area contributed by atoms with Crippen molar-refractivity contribution in [1.82, 2.24) is 19.7 Å². The summed E-state index contributed by atoms with van der Waals surface area (Å²) in [4.78, 5) is 8.39. The van der Waals surface area contributed by atoms with E-state index in [1.807, 2.05) is 30.9 Å². The molecule has 2 rings (SSSR count). The molecule has 0 saturated heterocycles. The maximum absolute atomic E-state index is 4.24. The zero-order chi connectivity index (χ0) is 13.7. The van der Waals surface area contributed by atoms with Gasteiger partial charge in [0.15, 0.2) is 0 Å². The zero-order valence-electron chi connectivity index (χ0n) is 11.0. The molecule has 0 amide bonds. The molecule has 2 aromatic rings. The van der Waals surface area contributed by atoms with Crippen molar-refractivity contribution in [3.8, 4) is 0 Å². The smallest absolute Gasteiger partial charge is 0.146 e. The highest BCUT2D eigenvalue weighted by molar-refractivity contribution is 9.10. The molecule has 0 atom stereocenters. The van der Waals surface area contributed by atoms with Gasteiger partial charge in [-0.05, 0) is 35.3 Å². The van der Waals surface area contributed by atoms with Crippen LogP contribution in [-0.4, -0.2) is 32.8 Å². The van der Waals surface area contributed by atoms with Gasteiger partial charge in [-0.3, -0.25) is 4.68 Å². The van der Waals surface area contributed by atoms with E-state index in [0.717, 1.165) is 41.3 Å². The number of hydrogen-bond donors (Lipinski definition) is 2. The van der Waals surface area contributed by atoms with Crippen molar-refractivity contribution in [2.24, 2.45) is 0 Å². The van der Waals surface area contributed by atoms with Crippen LogP contribution in [0.2, 0.25) is 0 Å². The lowest BCUT2D eigenvalue weighted by molar-refractivity contribution is 0.636. The highest BCUT2D eigenvalue weighted by atomic mass is 79.9. The Balaban J connectivity index is 1.94. The Labute approximate surface area is 120 Å². The molecule has 0 unspecified atom stereocenters. The second-order valence-corrected chi connectivity index (χ2v) is 4.92. The summed E-state index contributed by atoms with van der Waals surface area (Å²) in [5.74, 6) is 1.59. The van der Waals surface area contributed by atoms with Crippen LogP contribution in [0.3, 0.4) is 0 Å². The molecule has 0 aliphatic carbocycles. The molecule has 0 aromatic carbocycles. The molecular weight excluding hydrogens is 308 g/mol. The number of aryl methyl sites for hydroxylation is 1. The summed E-state index contributed by atoms with van der Waals surface area (Å²) in [6.45, 7) is 6.42. The summed E-state index contributed by atoms with van der Waals surface area (Å²) in [5.41, 5.74) is 1.16. The zero-order valence-corrected chi connectivity index (χ0v) is 12.6. The lowest BCUT2D eigenvalue weighted by Gasteiger charge is -2.10. The summed E-state index contributed by atoms with van der Waals surface area (Å²) < 4.78 is 2.76. The predicted molar refractivity (Wildman–Crippen MR) is 79.3 cm³/mol. The molecule has 2 N–H and O–H groups in total. The van der Waals surface area contributed by atoms with Crippen LogP contribution in [0.5, 0.6) is 0 Å². The van der Waals surface area contributed by atoms with E-state index >= 15 is 0 Å². The molecule has 0 spiro atoms. The molecule has 0 bridgehead atoms. The van der Waals surface area contributed by atoms with Gasteiger partial charge in [0.25, 0.3) is 0 Å². The van der Waals surface area contributed by atoms with Gasteiger partial charge in [-0.25, -0.2) is 9.97 Å². The van der Waals surface area contributed by atoms with Gasteiger partial charge in [0.05, 0.1) is 12.7 Å². The van der Waals surface area contributed by atoms with E-state index in [2.05, 4.69) is 41.6 Å². The maximum Gasteiger partial charge on any atom is 0.146 e. The van der Waals surface area contributed by atoms with Gasteiger partial charge in [0.1, 0.15) is 22.4 Å². The average molecular weight is 325 g/mol. The minimum absolute atomic E-state index is 0.752. The Morgan fingerprint density at radius 1 is 1.26 bits per heavy atom. The number of hydrogen-bond acceptors (Lipinski definition) is 5. The van der Waals surface area contributed by atoms with Crippen molar-refractivity contribution in [2.75, 3.05) is 23.7 Å². The van der Waals surface area contributed by atoms with E-state index in [4.69, 9.17) is 0 Å². The first kappa shape index (κ1) is 13.8. The predicted octanol–water partition coefficient (Wildman–Crippen LogP) is 2.29. The van der Waals surface area contributed by atoms with Crippen molar-refractivity contribution in [3.05, 3.63) is 28.8 Å². The van der Waals surface area contributed by atoms with Crippen LogP contribution >= 0.6 is 15.9 Å². The summed E-state index contributed by atoms with van der Waals surface area (Å²) in [7, 11) is 0. The topological polar surface area (TPSA) is 67.7 Å². The number of aromatic nitrogens is 4. The fourth-order valence-electron chi connectivity index (χ4n) is 1.66. The number of nitrogens with zero attached hydrogens (tertiary/aromatic N) is 4. The van der Waals surface area contributed by atoms with Crippen LogP contribution in [0.4, 0.5) is 11.6 Å². The van der Waals surface area contributed by atoms with Gasteiger partial charge in [0, 0.05) is 19.3 Å². The van der Waals surface area contributed by atoms with E-state index in [9.17, 15) is 0 Å². The Morgan fingerprint density at radius 3 is 2.63 bits per heavy atom. The molecule has 0 fully saturated rings. The van der Waals surface area contributed by atoms with E-state index in [-0.39, 0.29) is 0 Å². The van der Waals surface area contributed by atoms with E-state index in [1.165, 1.54) is 0 Å². The van der Waals surface area contributed by atoms with Crippen LogP contribution in [0, 0.1) is 6.92 Å². The van der Waals surface area contributed by atoms with Gasteiger partial charge >= 0.3 is 0 Å². The quantitative estimate of drug-likeness (QED) is 0.853. The maximum atomic E-state index is 4.24. The molecule has 0 saturated carbocycles. The first-order valence-electron chi connectivity index (χ1n) is 6.18. The van der Waals surface area contributed by atoms with Gasteiger partial charge in [-0.2, -0.15) is 5.10 Å². The number of rotatable bonds is 6. The van der Waals surface area contributed by atoms with Crippen LogP contribution in [-0.2, 0) is 6.54 Å². The molecule has 19 heavy (non-hydrogen) atoms. The fourth-order valence-corrected chi connectivity index (χ4v) is 2.15. The number of halogens is 1. The molecule has 0 aliphatic rings. The van der Waals surface area contributed by atoms with Crippen LogP contribution < -0.4 is 10.6 Å². The highest BCUT2D eigenvalue weighted by Gasteiger charge is 2.07. The summed E-state index contributed by atoms with van der Waals surface area (Å²) in [5, 5.41) is 10.7. The van der Waals surface area contributed by atoms with Gasteiger partial charge in [-0.15, -0.1) is 0 Å². The number of anilines is 2. The summed E-state index contributed by atoms with van der Waals surface area (Å²) in [6, 6.07) is 0. The first-order chi connectivity index (χ1) is 9.20. The molecule has 0 radical (unpaired) electrons. The lowest BCUT2D eigenvalue weighted by atomic mass is 10.4. The summed E-state index contributed by atoms with van der Waals surface area (Å²) >= 11 is 3.50. The number of nitrogens with one attached hydrogen (secondary N) is 2. The van der Waals surface area contributed by atoms with Gasteiger partial charge in [-0.1, -0.05) is 0 Å². The third-order valence-electron chi connectivity index (χ3n) is 2.53. The summed E-state index contributed by atoms with van der Waals surface area (Å²) in [6.07, 6.45) is 5.41. The van der Waals surface area contributed by atoms with Gasteiger partial charge in [0.2, 0.25) is 0 Å². The monoisotopic (exact) mass is 324 g/mol. The Hall–Kier alpha value is -1.63. The third-order valence-corrected chi connectivity index (χ3v) is 3.28. The molecule has 2 aromatic heterocycles. The van der Waals surface area contributed by atoms with E-state index in [0.29, 0.717) is 0 Å². The normalized spacial score (nSPS) is 10.5.